The molecule has 1 aromatic carbocycles. The first-order valence-electron chi connectivity index (χ1n) is 6.74. The maximum absolute atomic E-state index is 6.15. The molecule has 0 saturated carbocycles. The van der Waals surface area contributed by atoms with Crippen LogP contribution in [0.1, 0.15) is 16.1 Å². The molecule has 0 radical (unpaired) electrons. The van der Waals surface area contributed by atoms with Gasteiger partial charge in [-0.3, -0.25) is 0 Å². The van der Waals surface area contributed by atoms with Crippen molar-refractivity contribution in [2.24, 2.45) is 0 Å². The summed E-state index contributed by atoms with van der Waals surface area (Å²) in [4.78, 5) is 4.94. The lowest BCUT2D eigenvalue weighted by atomic mass is 10.1. The number of benzene rings is 1. The molecule has 3 aromatic rings. The summed E-state index contributed by atoms with van der Waals surface area (Å²) in [5, 5.41) is 7.40. The quantitative estimate of drug-likeness (QED) is 0.725. The van der Waals surface area contributed by atoms with Crippen molar-refractivity contribution in [3.05, 3.63) is 56.9 Å². The summed E-state index contributed by atoms with van der Waals surface area (Å²) in [6.45, 7) is 0.969. The molecule has 3 rings (SSSR count). The van der Waals surface area contributed by atoms with Gasteiger partial charge >= 0.3 is 0 Å². The number of thiophene rings is 1. The highest BCUT2D eigenvalue weighted by Gasteiger charge is 2.12. The van der Waals surface area contributed by atoms with Crippen LogP contribution in [0, 0.1) is 0 Å². The van der Waals surface area contributed by atoms with Gasteiger partial charge in [0.05, 0.1) is 0 Å². The highest BCUT2D eigenvalue weighted by atomic mass is 35.5. The fraction of sp³-hybridized carbons (Fsp3) is 0.250. The van der Waals surface area contributed by atoms with Crippen molar-refractivity contribution in [3.8, 4) is 0 Å². The number of halogens is 1. The zero-order valence-electron chi connectivity index (χ0n) is 11.4. The highest BCUT2D eigenvalue weighted by Crippen LogP contribution is 2.28. The fourth-order valence-corrected chi connectivity index (χ4v) is 3.44. The topological polar surface area (TPSA) is 27.8 Å². The van der Waals surface area contributed by atoms with Crippen LogP contribution in [0.3, 0.4) is 0 Å². The smallest absolute Gasteiger partial charge is 0.0460 e. The lowest BCUT2D eigenvalue weighted by Gasteiger charge is -2.04. The maximum Gasteiger partial charge on any atom is 0.0460 e. The number of aromatic nitrogens is 1. The van der Waals surface area contributed by atoms with Crippen molar-refractivity contribution < 1.29 is 0 Å². The molecule has 2 aromatic heterocycles. The van der Waals surface area contributed by atoms with Crippen LogP contribution in [-0.4, -0.2) is 18.6 Å². The van der Waals surface area contributed by atoms with Crippen molar-refractivity contribution in [2.45, 2.75) is 12.8 Å². The van der Waals surface area contributed by atoms with Crippen LogP contribution in [0.25, 0.3) is 10.9 Å². The van der Waals surface area contributed by atoms with Crippen LogP contribution in [0.15, 0.2) is 35.7 Å². The molecule has 2 nitrogen and oxygen atoms in total. The van der Waals surface area contributed by atoms with Gasteiger partial charge in [0.2, 0.25) is 0 Å². The minimum absolute atomic E-state index is 0.796. The Hall–Kier alpha value is -1.29. The van der Waals surface area contributed by atoms with Gasteiger partial charge in [-0.25, -0.2) is 0 Å². The Balaban J connectivity index is 2.04. The van der Waals surface area contributed by atoms with E-state index in [1.807, 2.05) is 13.1 Å². The first-order chi connectivity index (χ1) is 9.78. The van der Waals surface area contributed by atoms with Crippen LogP contribution in [-0.2, 0) is 12.8 Å². The van der Waals surface area contributed by atoms with E-state index in [4.69, 9.17) is 11.6 Å². The molecule has 20 heavy (non-hydrogen) atoms. The normalized spacial score (nSPS) is 11.3. The summed E-state index contributed by atoms with van der Waals surface area (Å²) in [5.74, 6) is 0. The molecular formula is C16H17ClN2S. The van der Waals surface area contributed by atoms with E-state index in [2.05, 4.69) is 39.9 Å². The average Bonchev–Trinajstić information content (AvgIpc) is 3.05. The number of nitrogens with one attached hydrogen (secondary N) is 2. The summed E-state index contributed by atoms with van der Waals surface area (Å²) < 4.78 is 0. The highest BCUT2D eigenvalue weighted by molar-refractivity contribution is 7.09. The molecule has 0 saturated heterocycles. The molecule has 2 heterocycles. The zero-order valence-corrected chi connectivity index (χ0v) is 12.9. The molecule has 0 aliphatic heterocycles. The summed E-state index contributed by atoms with van der Waals surface area (Å²) in [6, 6.07) is 10.4. The molecule has 0 unspecified atom stereocenters. The van der Waals surface area contributed by atoms with Crippen molar-refractivity contribution >= 4 is 33.8 Å². The van der Waals surface area contributed by atoms with Crippen molar-refractivity contribution in [3.63, 3.8) is 0 Å². The Morgan fingerprint density at radius 2 is 2.20 bits per heavy atom. The van der Waals surface area contributed by atoms with Crippen LogP contribution in [0.2, 0.25) is 5.02 Å². The number of H-pyrrole nitrogens is 1. The average molecular weight is 305 g/mol. The van der Waals surface area contributed by atoms with Crippen molar-refractivity contribution in [1.29, 1.82) is 0 Å². The summed E-state index contributed by atoms with van der Waals surface area (Å²) in [5.41, 5.74) is 3.86. The third-order valence-corrected chi connectivity index (χ3v) is 4.62. The molecule has 0 amide bonds. The summed E-state index contributed by atoms with van der Waals surface area (Å²) in [6.07, 6.45) is 1.97. The second-order valence-corrected chi connectivity index (χ2v) is 6.35. The van der Waals surface area contributed by atoms with Gasteiger partial charge in [-0.2, -0.15) is 0 Å². The predicted molar refractivity (Wildman–Crippen MR) is 88.1 cm³/mol. The minimum atomic E-state index is 0.796. The van der Waals surface area contributed by atoms with Crippen LogP contribution in [0.5, 0.6) is 0 Å². The number of fused-ring (bicyclic) bond motifs is 1. The Labute approximate surface area is 127 Å². The first kappa shape index (κ1) is 13.7. The first-order valence-corrected chi connectivity index (χ1v) is 7.99. The van der Waals surface area contributed by atoms with Gasteiger partial charge < -0.3 is 10.3 Å². The van der Waals surface area contributed by atoms with Gasteiger partial charge in [0, 0.05) is 32.9 Å². The minimum Gasteiger partial charge on any atom is -0.358 e. The van der Waals surface area contributed by atoms with Gasteiger partial charge in [0.25, 0.3) is 0 Å². The Morgan fingerprint density at radius 3 is 2.95 bits per heavy atom. The third kappa shape index (κ3) is 2.75. The third-order valence-electron chi connectivity index (χ3n) is 3.51. The van der Waals surface area contributed by atoms with Crippen molar-refractivity contribution in [1.82, 2.24) is 10.3 Å². The second kappa shape index (κ2) is 6.00. The van der Waals surface area contributed by atoms with Crippen LogP contribution < -0.4 is 5.32 Å². The fourth-order valence-electron chi connectivity index (χ4n) is 2.55. The molecule has 0 bridgehead atoms. The predicted octanol–water partition coefficient (Wildman–Crippen LogP) is 4.24. The molecule has 0 fully saturated rings. The molecule has 0 aliphatic rings. The van der Waals surface area contributed by atoms with E-state index in [0.717, 1.165) is 24.4 Å². The summed E-state index contributed by atoms with van der Waals surface area (Å²) >= 11 is 7.95. The largest absolute Gasteiger partial charge is 0.358 e. The van der Waals surface area contributed by atoms with Gasteiger partial charge in [0.15, 0.2) is 0 Å². The Kier molecular flexibility index (Phi) is 4.10. The van der Waals surface area contributed by atoms with Gasteiger partial charge in [-0.05, 0) is 55.2 Å². The second-order valence-electron chi connectivity index (χ2n) is 4.88. The lowest BCUT2D eigenvalue weighted by molar-refractivity contribution is 0.789. The molecule has 4 heteroatoms. The van der Waals surface area contributed by atoms with E-state index in [0.29, 0.717) is 0 Å². The SMILES string of the molecule is CNCCc1c(Cc2cccs2)[nH]c2ccc(Cl)cc12. The molecule has 0 aliphatic carbocycles. The standard InChI is InChI=1S/C16H17ClN2S/c1-18-7-6-13-14-9-11(17)4-5-15(14)19-16(13)10-12-3-2-8-20-12/h2-5,8-9,18-19H,6-7,10H2,1H3. The molecule has 0 spiro atoms. The molecule has 2 N–H and O–H groups in total. The number of aromatic amines is 1. The lowest BCUT2D eigenvalue weighted by Crippen LogP contribution is -2.11. The number of hydrogen-bond donors (Lipinski definition) is 2. The zero-order chi connectivity index (χ0) is 13.9. The van der Waals surface area contributed by atoms with Gasteiger partial charge in [-0.1, -0.05) is 17.7 Å². The van der Waals surface area contributed by atoms with E-state index < -0.39 is 0 Å². The number of hydrogen-bond acceptors (Lipinski definition) is 2. The van der Waals surface area contributed by atoms with Gasteiger partial charge in [0.1, 0.15) is 0 Å². The molecule has 104 valence electrons. The van der Waals surface area contributed by atoms with Crippen LogP contribution >= 0.6 is 22.9 Å². The van der Waals surface area contributed by atoms with E-state index in [-0.39, 0.29) is 0 Å². The monoisotopic (exact) mass is 304 g/mol. The van der Waals surface area contributed by atoms with Gasteiger partial charge in [-0.15, -0.1) is 11.3 Å². The van der Waals surface area contributed by atoms with E-state index in [9.17, 15) is 0 Å². The van der Waals surface area contributed by atoms with Crippen LogP contribution in [0.4, 0.5) is 0 Å². The Morgan fingerprint density at radius 1 is 1.30 bits per heavy atom. The Bertz CT molecular complexity index is 701. The summed E-state index contributed by atoms with van der Waals surface area (Å²) in [7, 11) is 1.99. The molecule has 0 atom stereocenters. The maximum atomic E-state index is 6.15. The van der Waals surface area contributed by atoms with E-state index in [1.54, 1.807) is 11.3 Å². The van der Waals surface area contributed by atoms with E-state index in [1.165, 1.54) is 27.0 Å². The van der Waals surface area contributed by atoms with Crippen molar-refractivity contribution in [2.75, 3.05) is 13.6 Å². The van der Waals surface area contributed by atoms with E-state index >= 15 is 0 Å². The number of rotatable bonds is 5. The molecular weight excluding hydrogens is 288 g/mol. The number of likely N-dealkylation sites (N-methyl/N-ethyl adjacent to an activating group) is 1.